The summed E-state index contributed by atoms with van der Waals surface area (Å²) in [5, 5.41) is 9.79. The topological polar surface area (TPSA) is 56.7 Å². The summed E-state index contributed by atoms with van der Waals surface area (Å²) in [6.45, 7) is 3.84. The fraction of sp³-hybridized carbons (Fsp3) is 0.444. The van der Waals surface area contributed by atoms with E-state index in [2.05, 4.69) is 9.88 Å². The summed E-state index contributed by atoms with van der Waals surface area (Å²) >= 11 is 1.50. The maximum atomic E-state index is 11.9. The SMILES string of the molecule is O=C(O)N(CC1CN2CCCC1C2)c1ncsc1-c1ccccc1. The molecule has 2 saturated heterocycles. The van der Waals surface area contributed by atoms with Gasteiger partial charge in [-0.2, -0.15) is 0 Å². The Kier molecular flexibility index (Phi) is 4.24. The van der Waals surface area contributed by atoms with E-state index in [4.69, 9.17) is 0 Å². The first-order valence-corrected chi connectivity index (χ1v) is 9.32. The third kappa shape index (κ3) is 2.91. The molecule has 1 aromatic heterocycles. The van der Waals surface area contributed by atoms with Crippen molar-refractivity contribution >= 4 is 23.2 Å². The first-order valence-electron chi connectivity index (χ1n) is 8.44. The van der Waals surface area contributed by atoms with Crippen molar-refractivity contribution in [1.82, 2.24) is 9.88 Å². The highest BCUT2D eigenvalue weighted by atomic mass is 32.1. The number of thiazole rings is 1. The summed E-state index contributed by atoms with van der Waals surface area (Å²) in [5.41, 5.74) is 2.76. The average molecular weight is 343 g/mol. The van der Waals surface area contributed by atoms with Crippen LogP contribution in [0.1, 0.15) is 12.8 Å². The van der Waals surface area contributed by atoms with E-state index in [0.717, 1.165) is 30.1 Å². The monoisotopic (exact) mass is 343 g/mol. The molecule has 1 aromatic carbocycles. The lowest BCUT2D eigenvalue weighted by atomic mass is 9.91. The van der Waals surface area contributed by atoms with Crippen LogP contribution in [0.25, 0.3) is 10.4 Å². The molecule has 3 unspecified atom stereocenters. The fourth-order valence-electron chi connectivity index (χ4n) is 4.04. The highest BCUT2D eigenvalue weighted by Crippen LogP contribution is 2.37. The van der Waals surface area contributed by atoms with E-state index in [1.54, 1.807) is 5.51 Å². The highest BCUT2D eigenvalue weighted by Gasteiger charge is 2.38. The number of amides is 1. The van der Waals surface area contributed by atoms with Gasteiger partial charge in [0.1, 0.15) is 0 Å². The molecule has 0 spiro atoms. The van der Waals surface area contributed by atoms with E-state index in [-0.39, 0.29) is 0 Å². The summed E-state index contributed by atoms with van der Waals surface area (Å²) in [4.78, 5) is 21.2. The maximum absolute atomic E-state index is 11.9. The molecule has 5 nitrogen and oxygen atoms in total. The quantitative estimate of drug-likeness (QED) is 0.921. The number of hydrogen-bond acceptors (Lipinski definition) is 4. The summed E-state index contributed by atoms with van der Waals surface area (Å²) in [6, 6.07) is 9.91. The van der Waals surface area contributed by atoms with Gasteiger partial charge in [-0.15, -0.1) is 11.3 Å². The molecule has 2 aliphatic rings. The number of anilines is 1. The van der Waals surface area contributed by atoms with Gasteiger partial charge in [0.25, 0.3) is 0 Å². The second-order valence-corrected chi connectivity index (χ2v) is 7.54. The van der Waals surface area contributed by atoms with Crippen molar-refractivity contribution in [3.05, 3.63) is 35.8 Å². The molecule has 3 heterocycles. The van der Waals surface area contributed by atoms with Crippen LogP contribution in [0, 0.1) is 11.8 Å². The minimum atomic E-state index is -0.908. The van der Waals surface area contributed by atoms with E-state index in [9.17, 15) is 9.90 Å². The van der Waals surface area contributed by atoms with Crippen LogP contribution in [0.4, 0.5) is 10.6 Å². The maximum Gasteiger partial charge on any atom is 0.413 e. The van der Waals surface area contributed by atoms with Crippen molar-refractivity contribution in [3.8, 4) is 10.4 Å². The fourth-order valence-corrected chi connectivity index (χ4v) is 4.84. The van der Waals surface area contributed by atoms with Crippen LogP contribution in [-0.4, -0.2) is 47.3 Å². The first kappa shape index (κ1) is 15.6. The lowest BCUT2D eigenvalue weighted by Crippen LogP contribution is -2.37. The predicted molar refractivity (Wildman–Crippen MR) is 95.6 cm³/mol. The number of fused-ring (bicyclic) bond motifs is 2. The van der Waals surface area contributed by atoms with E-state index < -0.39 is 6.09 Å². The minimum Gasteiger partial charge on any atom is -0.465 e. The van der Waals surface area contributed by atoms with Crippen LogP contribution in [0.2, 0.25) is 0 Å². The van der Waals surface area contributed by atoms with E-state index >= 15 is 0 Å². The van der Waals surface area contributed by atoms with Gasteiger partial charge in [-0.25, -0.2) is 9.78 Å². The van der Waals surface area contributed by atoms with Crippen molar-refractivity contribution in [2.45, 2.75) is 12.8 Å². The Morgan fingerprint density at radius 1 is 1.33 bits per heavy atom. The number of aromatic nitrogens is 1. The smallest absolute Gasteiger partial charge is 0.413 e. The van der Waals surface area contributed by atoms with Crippen LogP contribution < -0.4 is 4.90 Å². The van der Waals surface area contributed by atoms with Crippen molar-refractivity contribution < 1.29 is 9.90 Å². The Hall–Kier alpha value is -1.92. The van der Waals surface area contributed by atoms with Gasteiger partial charge < -0.3 is 10.0 Å². The Labute approximate surface area is 145 Å². The highest BCUT2D eigenvalue weighted by molar-refractivity contribution is 7.13. The van der Waals surface area contributed by atoms with Crippen molar-refractivity contribution in [2.24, 2.45) is 11.8 Å². The Balaban J connectivity index is 1.61. The summed E-state index contributed by atoms with van der Waals surface area (Å²) in [6.07, 6.45) is 1.55. The van der Waals surface area contributed by atoms with Crippen LogP contribution in [0.3, 0.4) is 0 Å². The molecule has 0 radical (unpaired) electrons. The predicted octanol–water partition coefficient (Wildman–Crippen LogP) is 3.64. The number of rotatable bonds is 4. The van der Waals surface area contributed by atoms with Gasteiger partial charge in [0.2, 0.25) is 0 Å². The van der Waals surface area contributed by atoms with Crippen LogP contribution in [0.15, 0.2) is 35.8 Å². The lowest BCUT2D eigenvalue weighted by molar-refractivity contribution is 0.199. The number of hydrogen-bond donors (Lipinski definition) is 1. The van der Waals surface area contributed by atoms with Gasteiger partial charge in [-0.05, 0) is 36.8 Å². The minimum absolute atomic E-state index is 0.411. The zero-order valence-corrected chi connectivity index (χ0v) is 14.3. The lowest BCUT2D eigenvalue weighted by Gasteiger charge is -2.25. The van der Waals surface area contributed by atoms with Gasteiger partial charge in [-0.1, -0.05) is 30.3 Å². The van der Waals surface area contributed by atoms with Crippen molar-refractivity contribution in [3.63, 3.8) is 0 Å². The van der Waals surface area contributed by atoms with Crippen LogP contribution >= 0.6 is 11.3 Å². The molecule has 0 saturated carbocycles. The number of benzene rings is 1. The van der Waals surface area contributed by atoms with Gasteiger partial charge >= 0.3 is 6.09 Å². The zero-order valence-electron chi connectivity index (χ0n) is 13.5. The molecule has 3 atom stereocenters. The Morgan fingerprint density at radius 3 is 2.92 bits per heavy atom. The van der Waals surface area contributed by atoms with Gasteiger partial charge in [-0.3, -0.25) is 4.90 Å². The second kappa shape index (κ2) is 6.53. The largest absolute Gasteiger partial charge is 0.465 e. The van der Waals surface area contributed by atoms with E-state index in [1.165, 1.54) is 29.1 Å². The third-order valence-corrected chi connectivity index (χ3v) is 6.05. The molecule has 1 N–H and O–H groups in total. The molecule has 2 fully saturated rings. The Morgan fingerprint density at radius 2 is 2.17 bits per heavy atom. The Bertz CT molecular complexity index is 718. The van der Waals surface area contributed by atoms with Crippen molar-refractivity contribution in [2.75, 3.05) is 31.1 Å². The molecule has 24 heavy (non-hydrogen) atoms. The van der Waals surface area contributed by atoms with Gasteiger partial charge in [0.15, 0.2) is 5.82 Å². The molecule has 126 valence electrons. The zero-order chi connectivity index (χ0) is 16.5. The first-order chi connectivity index (χ1) is 11.7. The van der Waals surface area contributed by atoms with Gasteiger partial charge in [0, 0.05) is 19.6 Å². The molecule has 6 heteroatoms. The third-order valence-electron chi connectivity index (χ3n) is 5.19. The summed E-state index contributed by atoms with van der Waals surface area (Å²) in [5.74, 6) is 1.61. The van der Waals surface area contributed by atoms with E-state index in [1.807, 2.05) is 30.3 Å². The number of nitrogens with zero attached hydrogens (tertiary/aromatic N) is 3. The second-order valence-electron chi connectivity index (χ2n) is 6.69. The molecular weight excluding hydrogens is 322 g/mol. The summed E-state index contributed by atoms with van der Waals surface area (Å²) in [7, 11) is 0. The van der Waals surface area contributed by atoms with Crippen LogP contribution in [0.5, 0.6) is 0 Å². The molecule has 1 amide bonds. The summed E-state index contributed by atoms with van der Waals surface area (Å²) < 4.78 is 0. The molecule has 2 bridgehead atoms. The molecule has 0 aliphatic carbocycles. The molecule has 4 rings (SSSR count). The average Bonchev–Trinajstić information content (AvgIpc) is 3.18. The van der Waals surface area contributed by atoms with Crippen molar-refractivity contribution in [1.29, 1.82) is 0 Å². The number of piperidine rings is 1. The molecule has 2 aromatic rings. The number of carbonyl (C=O) groups is 1. The molecule has 2 aliphatic heterocycles. The van der Waals surface area contributed by atoms with Gasteiger partial charge in [0.05, 0.1) is 10.4 Å². The molecular formula is C18H21N3O2S. The van der Waals surface area contributed by atoms with E-state index in [0.29, 0.717) is 24.2 Å². The standard InChI is InChI=1S/C18H21N3O2S/c22-18(23)21(11-15-10-20-8-4-7-14(15)9-20)17-16(24-12-19-17)13-5-2-1-3-6-13/h1-3,5-6,12,14-15H,4,7-11H2,(H,22,23). The number of carboxylic acid groups (broad SMARTS) is 1. The van der Waals surface area contributed by atoms with Crippen LogP contribution in [-0.2, 0) is 0 Å². The normalized spacial score (nSPS) is 25.6.